The summed E-state index contributed by atoms with van der Waals surface area (Å²) in [6.07, 6.45) is 0. The fourth-order valence-electron chi connectivity index (χ4n) is 0.467. The van der Waals surface area contributed by atoms with Crippen LogP contribution in [0.15, 0.2) is 5.10 Å². The summed E-state index contributed by atoms with van der Waals surface area (Å²) < 4.78 is 0. The molecule has 0 spiro atoms. The number of nitrogens with zero attached hydrogens (tertiary/aromatic N) is 1. The number of hydrazone groups is 1. The molecular formula is C6H8N2. The molecule has 0 amide bonds. The van der Waals surface area contributed by atoms with Crippen LogP contribution in [-0.2, 0) is 0 Å². The SMILES string of the molecule is CC1=NNC(C)C#C1. The van der Waals surface area contributed by atoms with Gasteiger partial charge in [-0.15, -0.1) is 0 Å². The molecule has 1 aliphatic rings. The van der Waals surface area contributed by atoms with Crippen LogP contribution in [0.5, 0.6) is 0 Å². The first-order valence-corrected chi connectivity index (χ1v) is 2.60. The van der Waals surface area contributed by atoms with Crippen LogP contribution >= 0.6 is 0 Å². The van der Waals surface area contributed by atoms with E-state index < -0.39 is 0 Å². The van der Waals surface area contributed by atoms with Crippen LogP contribution in [0.3, 0.4) is 0 Å². The average Bonchev–Trinajstić information content (AvgIpc) is 1.77. The van der Waals surface area contributed by atoms with E-state index in [1.807, 2.05) is 13.8 Å². The lowest BCUT2D eigenvalue weighted by Crippen LogP contribution is -2.22. The molecule has 0 radical (unpaired) electrons. The molecule has 8 heavy (non-hydrogen) atoms. The molecule has 0 fully saturated rings. The Morgan fingerprint density at radius 1 is 1.75 bits per heavy atom. The van der Waals surface area contributed by atoms with Crippen LogP contribution in [0, 0.1) is 11.8 Å². The van der Waals surface area contributed by atoms with Crippen molar-refractivity contribution < 1.29 is 0 Å². The van der Waals surface area contributed by atoms with Crippen molar-refractivity contribution in [2.75, 3.05) is 0 Å². The lowest BCUT2D eigenvalue weighted by Gasteiger charge is -2.05. The highest BCUT2D eigenvalue weighted by molar-refractivity contribution is 5.98. The minimum atomic E-state index is 0.221. The van der Waals surface area contributed by atoms with Crippen molar-refractivity contribution >= 4 is 5.71 Å². The Bertz CT molecular complexity index is 171. The first-order chi connectivity index (χ1) is 3.79. The minimum absolute atomic E-state index is 0.221. The molecule has 0 bridgehead atoms. The zero-order valence-corrected chi connectivity index (χ0v) is 5.02. The van der Waals surface area contributed by atoms with E-state index >= 15 is 0 Å². The first-order valence-electron chi connectivity index (χ1n) is 2.60. The van der Waals surface area contributed by atoms with E-state index in [9.17, 15) is 0 Å². The molecular weight excluding hydrogens is 100 g/mol. The van der Waals surface area contributed by atoms with Crippen LogP contribution in [-0.4, -0.2) is 11.8 Å². The van der Waals surface area contributed by atoms with Gasteiger partial charge in [-0.3, -0.25) is 5.43 Å². The van der Waals surface area contributed by atoms with Crippen LogP contribution < -0.4 is 5.43 Å². The molecule has 0 saturated carbocycles. The highest BCUT2D eigenvalue weighted by Crippen LogP contribution is 1.84. The Hall–Kier alpha value is -0.970. The molecule has 0 aromatic rings. The normalized spacial score (nSPS) is 24.8. The van der Waals surface area contributed by atoms with Crippen molar-refractivity contribution in [2.24, 2.45) is 5.10 Å². The monoisotopic (exact) mass is 108 g/mol. The predicted octanol–water partition coefficient (Wildman–Crippen LogP) is 0.357. The molecule has 1 rings (SSSR count). The van der Waals surface area contributed by atoms with Crippen molar-refractivity contribution in [1.29, 1.82) is 0 Å². The van der Waals surface area contributed by atoms with E-state index in [2.05, 4.69) is 22.4 Å². The van der Waals surface area contributed by atoms with Gasteiger partial charge in [0.1, 0.15) is 11.8 Å². The van der Waals surface area contributed by atoms with Crippen LogP contribution in [0.1, 0.15) is 13.8 Å². The van der Waals surface area contributed by atoms with Gasteiger partial charge in [-0.1, -0.05) is 5.92 Å². The average molecular weight is 108 g/mol. The lowest BCUT2D eigenvalue weighted by atomic mass is 10.3. The van der Waals surface area contributed by atoms with Gasteiger partial charge in [0, 0.05) is 0 Å². The number of nitrogens with one attached hydrogen (secondary N) is 1. The maximum Gasteiger partial charge on any atom is 0.107 e. The highest BCUT2D eigenvalue weighted by atomic mass is 15.3. The summed E-state index contributed by atoms with van der Waals surface area (Å²) in [6, 6.07) is 0.221. The van der Waals surface area contributed by atoms with E-state index in [0.29, 0.717) is 0 Å². The van der Waals surface area contributed by atoms with E-state index in [0.717, 1.165) is 5.71 Å². The van der Waals surface area contributed by atoms with Gasteiger partial charge in [-0.25, -0.2) is 0 Å². The summed E-state index contributed by atoms with van der Waals surface area (Å²) >= 11 is 0. The minimum Gasteiger partial charge on any atom is -0.294 e. The largest absolute Gasteiger partial charge is 0.294 e. The maximum absolute atomic E-state index is 3.90. The third kappa shape index (κ3) is 1.00. The quantitative estimate of drug-likeness (QED) is 0.445. The second-order valence-corrected chi connectivity index (χ2v) is 1.82. The van der Waals surface area contributed by atoms with Crippen molar-refractivity contribution in [3.8, 4) is 11.8 Å². The van der Waals surface area contributed by atoms with Gasteiger partial charge in [-0.05, 0) is 19.8 Å². The second kappa shape index (κ2) is 1.87. The number of rotatable bonds is 0. The molecule has 0 aromatic carbocycles. The molecule has 42 valence electrons. The highest BCUT2D eigenvalue weighted by Gasteiger charge is 1.95. The van der Waals surface area contributed by atoms with Gasteiger partial charge in [0.25, 0.3) is 0 Å². The van der Waals surface area contributed by atoms with Gasteiger partial charge in [0.15, 0.2) is 0 Å². The predicted molar refractivity (Wildman–Crippen MR) is 33.5 cm³/mol. The van der Waals surface area contributed by atoms with Crippen molar-refractivity contribution in [1.82, 2.24) is 5.43 Å². The Morgan fingerprint density at radius 3 is 2.88 bits per heavy atom. The van der Waals surface area contributed by atoms with Gasteiger partial charge in [0.05, 0.1) is 0 Å². The van der Waals surface area contributed by atoms with Crippen molar-refractivity contribution in [2.45, 2.75) is 19.9 Å². The van der Waals surface area contributed by atoms with Gasteiger partial charge < -0.3 is 0 Å². The molecule has 1 unspecified atom stereocenters. The number of hydrogen-bond acceptors (Lipinski definition) is 2. The zero-order valence-electron chi connectivity index (χ0n) is 5.02. The van der Waals surface area contributed by atoms with Crippen LogP contribution in [0.2, 0.25) is 0 Å². The molecule has 1 heterocycles. The van der Waals surface area contributed by atoms with Gasteiger partial charge in [0.2, 0.25) is 0 Å². The molecule has 2 heteroatoms. The molecule has 0 aromatic heterocycles. The number of hydrogen-bond donors (Lipinski definition) is 1. The molecule has 0 saturated heterocycles. The summed E-state index contributed by atoms with van der Waals surface area (Å²) in [7, 11) is 0. The van der Waals surface area contributed by atoms with E-state index in [-0.39, 0.29) is 6.04 Å². The molecule has 1 aliphatic heterocycles. The molecule has 1 atom stereocenters. The Labute approximate surface area is 49.0 Å². The first kappa shape index (κ1) is 5.17. The third-order valence-electron chi connectivity index (χ3n) is 0.895. The van der Waals surface area contributed by atoms with Crippen LogP contribution in [0.25, 0.3) is 0 Å². The summed E-state index contributed by atoms with van der Waals surface area (Å²) in [5, 5.41) is 3.90. The Kier molecular flexibility index (Phi) is 1.21. The van der Waals surface area contributed by atoms with Crippen molar-refractivity contribution in [3.05, 3.63) is 0 Å². The molecule has 0 aliphatic carbocycles. The van der Waals surface area contributed by atoms with Gasteiger partial charge >= 0.3 is 0 Å². The van der Waals surface area contributed by atoms with E-state index in [1.54, 1.807) is 0 Å². The van der Waals surface area contributed by atoms with E-state index in [4.69, 9.17) is 0 Å². The standard InChI is InChI=1S/C6H8N2/c1-5-3-4-6(2)8-7-5/h5,7H,1-2H3. The summed E-state index contributed by atoms with van der Waals surface area (Å²) in [6.45, 7) is 3.86. The Balaban J connectivity index is 2.68. The second-order valence-electron chi connectivity index (χ2n) is 1.82. The summed E-state index contributed by atoms with van der Waals surface area (Å²) in [5.74, 6) is 5.81. The Morgan fingerprint density at radius 2 is 2.50 bits per heavy atom. The fourth-order valence-corrected chi connectivity index (χ4v) is 0.467. The fraction of sp³-hybridized carbons (Fsp3) is 0.500. The van der Waals surface area contributed by atoms with Crippen molar-refractivity contribution in [3.63, 3.8) is 0 Å². The topological polar surface area (TPSA) is 24.4 Å². The lowest BCUT2D eigenvalue weighted by molar-refractivity contribution is 0.684. The van der Waals surface area contributed by atoms with E-state index in [1.165, 1.54) is 0 Å². The van der Waals surface area contributed by atoms with Gasteiger partial charge in [-0.2, -0.15) is 5.10 Å². The molecule has 1 N–H and O–H groups in total. The summed E-state index contributed by atoms with van der Waals surface area (Å²) in [4.78, 5) is 0. The van der Waals surface area contributed by atoms with Crippen LogP contribution in [0.4, 0.5) is 0 Å². The molecule has 2 nitrogen and oxygen atoms in total. The third-order valence-corrected chi connectivity index (χ3v) is 0.895. The maximum atomic E-state index is 3.90. The zero-order chi connectivity index (χ0) is 5.98. The summed E-state index contributed by atoms with van der Waals surface area (Å²) in [5.41, 5.74) is 3.71. The smallest absolute Gasteiger partial charge is 0.107 e.